The molecule has 1 aromatic rings. The Kier molecular flexibility index (Phi) is 5.23. The molecule has 20 heavy (non-hydrogen) atoms. The fraction of sp³-hybridized carbons (Fsp3) is 0.500. The molecular weight excluding hydrogens is 278 g/mol. The molecule has 110 valence electrons. The summed E-state index contributed by atoms with van der Waals surface area (Å²) < 4.78 is 5.59. The van der Waals surface area contributed by atoms with Gasteiger partial charge in [0.15, 0.2) is 0 Å². The second kappa shape index (κ2) is 6.92. The molecule has 0 spiro atoms. The van der Waals surface area contributed by atoms with Crippen molar-refractivity contribution in [2.24, 2.45) is 5.84 Å². The van der Waals surface area contributed by atoms with E-state index in [9.17, 15) is 4.79 Å². The van der Waals surface area contributed by atoms with Gasteiger partial charge in [0.25, 0.3) is 5.91 Å². The van der Waals surface area contributed by atoms with Crippen molar-refractivity contribution in [3.05, 3.63) is 28.8 Å². The quantitative estimate of drug-likeness (QED) is 0.646. The highest BCUT2D eigenvalue weighted by atomic mass is 35.5. The van der Waals surface area contributed by atoms with E-state index < -0.39 is 0 Å². The number of anilines is 1. The van der Waals surface area contributed by atoms with E-state index in [0.717, 1.165) is 19.4 Å². The number of nitrogen functional groups attached to an aromatic ring is 1. The molecule has 1 saturated heterocycles. The Bertz CT molecular complexity index is 475. The van der Waals surface area contributed by atoms with Crippen LogP contribution in [-0.2, 0) is 4.74 Å². The minimum atomic E-state index is -0.0848. The molecule has 3 N–H and O–H groups in total. The van der Waals surface area contributed by atoms with Gasteiger partial charge in [0.2, 0.25) is 0 Å². The average molecular weight is 298 g/mol. The van der Waals surface area contributed by atoms with Crippen LogP contribution in [0.3, 0.4) is 0 Å². The van der Waals surface area contributed by atoms with E-state index >= 15 is 0 Å². The molecule has 1 aliphatic heterocycles. The number of carbonyl (C=O) groups excluding carboxylic acids is 1. The third kappa shape index (κ3) is 3.42. The number of carbonyl (C=O) groups is 1. The van der Waals surface area contributed by atoms with Crippen LogP contribution in [0.15, 0.2) is 18.2 Å². The minimum absolute atomic E-state index is 0.0848. The molecule has 1 fully saturated rings. The molecule has 0 bridgehead atoms. The fourth-order valence-corrected chi connectivity index (χ4v) is 2.55. The maximum Gasteiger partial charge on any atom is 0.256 e. The summed E-state index contributed by atoms with van der Waals surface area (Å²) in [6.07, 6.45) is 2.19. The summed E-state index contributed by atoms with van der Waals surface area (Å²) in [6.45, 7) is 3.96. The second-order valence-electron chi connectivity index (χ2n) is 4.81. The maximum atomic E-state index is 12.6. The van der Waals surface area contributed by atoms with Gasteiger partial charge in [-0.15, -0.1) is 0 Å². The summed E-state index contributed by atoms with van der Waals surface area (Å²) in [6, 6.07) is 5.04. The summed E-state index contributed by atoms with van der Waals surface area (Å²) in [4.78, 5) is 14.4. The predicted octanol–water partition coefficient (Wildman–Crippen LogP) is 2.27. The normalized spacial score (nSPS) is 18.1. The van der Waals surface area contributed by atoms with Gasteiger partial charge in [-0.3, -0.25) is 10.6 Å². The van der Waals surface area contributed by atoms with E-state index in [4.69, 9.17) is 22.2 Å². The number of benzene rings is 1. The van der Waals surface area contributed by atoms with Crippen molar-refractivity contribution in [3.8, 4) is 0 Å². The van der Waals surface area contributed by atoms with Crippen LogP contribution < -0.4 is 11.3 Å². The van der Waals surface area contributed by atoms with Crippen LogP contribution in [0.5, 0.6) is 0 Å². The molecule has 1 aliphatic rings. The number of nitrogens with one attached hydrogen (secondary N) is 1. The molecule has 5 nitrogen and oxygen atoms in total. The van der Waals surface area contributed by atoms with Crippen molar-refractivity contribution in [2.45, 2.75) is 25.9 Å². The Balaban J connectivity index is 2.16. The lowest BCUT2D eigenvalue weighted by atomic mass is 10.1. The molecule has 0 aliphatic carbocycles. The monoisotopic (exact) mass is 297 g/mol. The van der Waals surface area contributed by atoms with Gasteiger partial charge in [0.05, 0.1) is 17.4 Å². The highest BCUT2D eigenvalue weighted by molar-refractivity contribution is 6.31. The molecule has 2 rings (SSSR count). The molecule has 1 atom stereocenters. The summed E-state index contributed by atoms with van der Waals surface area (Å²) in [7, 11) is 0. The van der Waals surface area contributed by atoms with Crippen molar-refractivity contribution < 1.29 is 9.53 Å². The Labute approximate surface area is 124 Å². The number of nitrogens with zero attached hydrogens (tertiary/aromatic N) is 1. The number of halogens is 1. The van der Waals surface area contributed by atoms with Gasteiger partial charge in [0.1, 0.15) is 0 Å². The number of hydrogen-bond acceptors (Lipinski definition) is 4. The summed E-state index contributed by atoms with van der Waals surface area (Å²) in [5.74, 6) is 5.37. The standard InChI is InChI=1S/C14H20ClN3O2/c1-2-18(9-11-4-3-7-20-11)14(19)12-8-10(15)5-6-13(12)17-16/h5-6,8,11,17H,2-4,7,9,16H2,1H3. The number of hydrazine groups is 1. The number of amides is 1. The largest absolute Gasteiger partial charge is 0.376 e. The number of likely N-dealkylation sites (N-methyl/N-ethyl adjacent to an activating group) is 1. The van der Waals surface area contributed by atoms with Gasteiger partial charge in [-0.25, -0.2) is 0 Å². The van der Waals surface area contributed by atoms with Crippen molar-refractivity contribution in [1.82, 2.24) is 4.90 Å². The van der Waals surface area contributed by atoms with Gasteiger partial charge in [0, 0.05) is 24.7 Å². The SMILES string of the molecule is CCN(CC1CCCO1)C(=O)c1cc(Cl)ccc1NN. The van der Waals surface area contributed by atoms with E-state index in [1.165, 1.54) is 0 Å². The zero-order valence-electron chi connectivity index (χ0n) is 11.6. The van der Waals surface area contributed by atoms with Crippen LogP contribution in [-0.4, -0.2) is 36.6 Å². The molecular formula is C14H20ClN3O2. The van der Waals surface area contributed by atoms with E-state index in [-0.39, 0.29) is 12.0 Å². The lowest BCUT2D eigenvalue weighted by molar-refractivity contribution is 0.0540. The molecule has 1 aromatic carbocycles. The molecule has 0 radical (unpaired) electrons. The van der Waals surface area contributed by atoms with Crippen LogP contribution in [0.4, 0.5) is 5.69 Å². The summed E-state index contributed by atoms with van der Waals surface area (Å²) in [5.41, 5.74) is 3.60. The Hall–Kier alpha value is -1.30. The highest BCUT2D eigenvalue weighted by Crippen LogP contribution is 2.22. The van der Waals surface area contributed by atoms with Crippen molar-refractivity contribution >= 4 is 23.2 Å². The Morgan fingerprint density at radius 3 is 3.00 bits per heavy atom. The van der Waals surface area contributed by atoms with Gasteiger partial charge in [-0.2, -0.15) is 0 Å². The van der Waals surface area contributed by atoms with E-state index in [1.54, 1.807) is 23.1 Å². The van der Waals surface area contributed by atoms with E-state index in [2.05, 4.69) is 5.43 Å². The Morgan fingerprint density at radius 2 is 2.40 bits per heavy atom. The molecule has 0 saturated carbocycles. The minimum Gasteiger partial charge on any atom is -0.376 e. The van der Waals surface area contributed by atoms with E-state index in [1.807, 2.05) is 6.92 Å². The first-order valence-electron chi connectivity index (χ1n) is 6.82. The van der Waals surface area contributed by atoms with Gasteiger partial charge in [-0.05, 0) is 38.0 Å². The third-order valence-electron chi connectivity index (χ3n) is 3.48. The Morgan fingerprint density at radius 1 is 1.60 bits per heavy atom. The fourth-order valence-electron chi connectivity index (χ4n) is 2.38. The van der Waals surface area contributed by atoms with Crippen LogP contribution in [0.2, 0.25) is 5.02 Å². The maximum absolute atomic E-state index is 12.6. The highest BCUT2D eigenvalue weighted by Gasteiger charge is 2.23. The number of hydrogen-bond donors (Lipinski definition) is 2. The van der Waals surface area contributed by atoms with Gasteiger partial charge < -0.3 is 15.1 Å². The molecule has 0 aromatic heterocycles. The topological polar surface area (TPSA) is 67.6 Å². The lowest BCUT2D eigenvalue weighted by Gasteiger charge is -2.25. The van der Waals surface area contributed by atoms with Crippen LogP contribution in [0.25, 0.3) is 0 Å². The number of nitrogens with two attached hydrogens (primary N) is 1. The molecule has 6 heteroatoms. The van der Waals surface area contributed by atoms with Crippen LogP contribution >= 0.6 is 11.6 Å². The van der Waals surface area contributed by atoms with Crippen molar-refractivity contribution in [3.63, 3.8) is 0 Å². The number of ether oxygens (including phenoxy) is 1. The average Bonchev–Trinajstić information content (AvgIpc) is 2.97. The zero-order chi connectivity index (χ0) is 14.5. The summed E-state index contributed by atoms with van der Waals surface area (Å²) >= 11 is 5.97. The van der Waals surface area contributed by atoms with Gasteiger partial charge >= 0.3 is 0 Å². The first kappa shape index (κ1) is 15.1. The van der Waals surface area contributed by atoms with Crippen LogP contribution in [0, 0.1) is 0 Å². The van der Waals surface area contributed by atoms with Crippen LogP contribution in [0.1, 0.15) is 30.1 Å². The van der Waals surface area contributed by atoms with Gasteiger partial charge in [-0.1, -0.05) is 11.6 Å². The van der Waals surface area contributed by atoms with Crippen molar-refractivity contribution in [1.29, 1.82) is 0 Å². The first-order valence-corrected chi connectivity index (χ1v) is 7.20. The second-order valence-corrected chi connectivity index (χ2v) is 5.25. The number of rotatable bonds is 5. The lowest BCUT2D eigenvalue weighted by Crippen LogP contribution is -2.37. The molecule has 1 unspecified atom stereocenters. The van der Waals surface area contributed by atoms with Crippen molar-refractivity contribution in [2.75, 3.05) is 25.1 Å². The third-order valence-corrected chi connectivity index (χ3v) is 3.72. The predicted molar refractivity (Wildman–Crippen MR) is 79.8 cm³/mol. The molecule has 1 amide bonds. The zero-order valence-corrected chi connectivity index (χ0v) is 12.3. The summed E-state index contributed by atoms with van der Waals surface area (Å²) in [5, 5.41) is 0.514. The first-order chi connectivity index (χ1) is 9.65. The molecule has 1 heterocycles. The van der Waals surface area contributed by atoms with E-state index in [0.29, 0.717) is 29.4 Å². The smallest absolute Gasteiger partial charge is 0.256 e.